The lowest BCUT2D eigenvalue weighted by Gasteiger charge is -2.08. The van der Waals surface area contributed by atoms with Gasteiger partial charge in [-0.15, -0.1) is 0 Å². The third-order valence-corrected chi connectivity index (χ3v) is 2.92. The van der Waals surface area contributed by atoms with Crippen LogP contribution in [0.4, 0.5) is 0 Å². The normalized spacial score (nSPS) is 12.4. The highest BCUT2D eigenvalue weighted by atomic mass is 16.6. The molecule has 19 heavy (non-hydrogen) atoms. The predicted molar refractivity (Wildman–Crippen MR) is 69.6 cm³/mol. The van der Waals surface area contributed by atoms with Gasteiger partial charge in [-0.1, -0.05) is 17.2 Å². The summed E-state index contributed by atoms with van der Waals surface area (Å²) in [6.07, 6.45) is 3.42. The third-order valence-electron chi connectivity index (χ3n) is 2.92. The van der Waals surface area contributed by atoms with Crippen molar-refractivity contribution in [1.29, 1.82) is 0 Å². The minimum absolute atomic E-state index is 0.156. The van der Waals surface area contributed by atoms with Gasteiger partial charge >= 0.3 is 0 Å². The molecule has 2 rings (SSSR count). The molecule has 1 unspecified atom stereocenters. The highest BCUT2D eigenvalue weighted by Crippen LogP contribution is 2.13. The van der Waals surface area contributed by atoms with E-state index in [1.807, 2.05) is 19.1 Å². The van der Waals surface area contributed by atoms with Gasteiger partial charge in [0, 0.05) is 18.2 Å². The Hall–Kier alpha value is -1.95. The van der Waals surface area contributed by atoms with Gasteiger partial charge in [-0.05, 0) is 25.5 Å². The van der Waals surface area contributed by atoms with Crippen molar-refractivity contribution >= 4 is 0 Å². The summed E-state index contributed by atoms with van der Waals surface area (Å²) in [5.41, 5.74) is 8.29. The molecule has 2 heterocycles. The van der Waals surface area contributed by atoms with Crippen molar-refractivity contribution in [3.05, 3.63) is 35.4 Å². The molecule has 2 N–H and O–H groups in total. The minimum atomic E-state index is 0.156. The Kier molecular flexibility index (Phi) is 4.46. The van der Waals surface area contributed by atoms with Crippen molar-refractivity contribution in [2.45, 2.75) is 39.3 Å². The topological polar surface area (TPSA) is 87.1 Å². The van der Waals surface area contributed by atoms with Crippen LogP contribution in [0.2, 0.25) is 0 Å². The number of pyridine rings is 1. The smallest absolute Gasteiger partial charge is 0.145 e. The van der Waals surface area contributed by atoms with Gasteiger partial charge in [0.15, 0.2) is 0 Å². The van der Waals surface area contributed by atoms with Gasteiger partial charge in [0.2, 0.25) is 0 Å². The maximum Gasteiger partial charge on any atom is 0.145 e. The molecule has 1 atom stereocenters. The summed E-state index contributed by atoms with van der Waals surface area (Å²) in [4.78, 5) is 4.32. The van der Waals surface area contributed by atoms with Gasteiger partial charge < -0.3 is 10.5 Å². The Bertz CT molecular complexity index is 510. The van der Waals surface area contributed by atoms with Crippen molar-refractivity contribution in [2.75, 3.05) is 0 Å². The molecule has 6 nitrogen and oxygen atoms in total. The summed E-state index contributed by atoms with van der Waals surface area (Å²) in [6, 6.07) is 3.97. The average molecular weight is 262 g/mol. The zero-order valence-electron chi connectivity index (χ0n) is 11.2. The Balaban J connectivity index is 1.90. The van der Waals surface area contributed by atoms with Crippen LogP contribution < -0.4 is 10.5 Å². The molecule has 102 valence electrons. The number of rotatable bonds is 6. The molecule has 0 spiro atoms. The first-order valence-electron chi connectivity index (χ1n) is 6.30. The number of nitrogens with two attached hydrogens (primary N) is 1. The number of hydrogen-bond donors (Lipinski definition) is 1. The standard InChI is InChI=1S/C13H18N4O2/c1-3-10(14)6-11-4-5-12(7-15-11)18-8-13-9(2)16-19-17-13/h4-5,7,10H,3,6,8,14H2,1-2H3. The molecule has 0 amide bonds. The second kappa shape index (κ2) is 6.29. The van der Waals surface area contributed by atoms with Gasteiger partial charge in [0.25, 0.3) is 0 Å². The van der Waals surface area contributed by atoms with E-state index in [0.717, 1.165) is 24.2 Å². The van der Waals surface area contributed by atoms with Gasteiger partial charge in [-0.25, -0.2) is 4.63 Å². The fourth-order valence-electron chi connectivity index (χ4n) is 1.56. The SMILES string of the molecule is CCC(N)Cc1ccc(OCc2nonc2C)cn1. The van der Waals surface area contributed by atoms with Gasteiger partial charge in [0.05, 0.1) is 6.20 Å². The van der Waals surface area contributed by atoms with Crippen LogP contribution >= 0.6 is 0 Å². The highest BCUT2D eigenvalue weighted by Gasteiger charge is 2.07. The maximum atomic E-state index is 5.89. The number of hydrogen-bond acceptors (Lipinski definition) is 6. The van der Waals surface area contributed by atoms with E-state index in [9.17, 15) is 0 Å². The van der Waals surface area contributed by atoms with Crippen molar-refractivity contribution in [3.63, 3.8) is 0 Å². The number of aryl methyl sites for hydroxylation is 1. The second-order valence-electron chi connectivity index (χ2n) is 4.44. The van der Waals surface area contributed by atoms with E-state index >= 15 is 0 Å². The first kappa shape index (κ1) is 13.5. The van der Waals surface area contributed by atoms with Crippen LogP contribution in [-0.4, -0.2) is 21.3 Å². The van der Waals surface area contributed by atoms with E-state index in [2.05, 4.69) is 26.9 Å². The second-order valence-corrected chi connectivity index (χ2v) is 4.44. The summed E-state index contributed by atoms with van der Waals surface area (Å²) >= 11 is 0. The van der Waals surface area contributed by atoms with E-state index in [4.69, 9.17) is 10.5 Å². The van der Waals surface area contributed by atoms with Gasteiger partial charge in [-0.3, -0.25) is 4.98 Å². The number of aromatic nitrogens is 3. The zero-order chi connectivity index (χ0) is 13.7. The van der Waals surface area contributed by atoms with E-state index in [0.29, 0.717) is 18.1 Å². The maximum absolute atomic E-state index is 5.89. The van der Waals surface area contributed by atoms with E-state index < -0.39 is 0 Å². The van der Waals surface area contributed by atoms with Crippen molar-refractivity contribution in [2.24, 2.45) is 5.73 Å². The number of ether oxygens (including phenoxy) is 1. The summed E-state index contributed by atoms with van der Waals surface area (Å²) in [7, 11) is 0. The monoisotopic (exact) mass is 262 g/mol. The summed E-state index contributed by atoms with van der Waals surface area (Å²) in [5.74, 6) is 0.691. The highest BCUT2D eigenvalue weighted by molar-refractivity contribution is 5.20. The van der Waals surface area contributed by atoms with Crippen LogP contribution in [0, 0.1) is 6.92 Å². The van der Waals surface area contributed by atoms with Crippen molar-refractivity contribution in [3.8, 4) is 5.75 Å². The molecular weight excluding hydrogens is 244 g/mol. The van der Waals surface area contributed by atoms with Crippen molar-refractivity contribution in [1.82, 2.24) is 15.3 Å². The molecule has 0 saturated heterocycles. The number of nitrogens with zero attached hydrogens (tertiary/aromatic N) is 3. The molecule has 0 aliphatic rings. The predicted octanol–water partition coefficient (Wildman–Crippen LogP) is 1.63. The fourth-order valence-corrected chi connectivity index (χ4v) is 1.56. The minimum Gasteiger partial charge on any atom is -0.485 e. The summed E-state index contributed by atoms with van der Waals surface area (Å²) in [5, 5.41) is 7.44. The molecule has 2 aromatic rings. The van der Waals surface area contributed by atoms with Crippen LogP contribution in [0.15, 0.2) is 23.0 Å². The van der Waals surface area contributed by atoms with E-state index in [1.165, 1.54) is 0 Å². The Labute approximate surface area is 111 Å². The molecule has 2 aromatic heterocycles. The summed E-state index contributed by atoms with van der Waals surface area (Å²) < 4.78 is 10.2. The lowest BCUT2D eigenvalue weighted by atomic mass is 10.1. The molecular formula is C13H18N4O2. The molecule has 0 saturated carbocycles. The molecule has 0 aliphatic carbocycles. The van der Waals surface area contributed by atoms with Crippen LogP contribution in [0.25, 0.3) is 0 Å². The van der Waals surface area contributed by atoms with Crippen LogP contribution in [0.5, 0.6) is 5.75 Å². The lowest BCUT2D eigenvalue weighted by Crippen LogP contribution is -2.21. The van der Waals surface area contributed by atoms with E-state index in [1.54, 1.807) is 6.20 Å². The first-order chi connectivity index (χ1) is 9.19. The zero-order valence-corrected chi connectivity index (χ0v) is 11.2. The molecule has 0 bridgehead atoms. The van der Waals surface area contributed by atoms with E-state index in [-0.39, 0.29) is 6.04 Å². The molecule has 0 fully saturated rings. The van der Waals surface area contributed by atoms with Crippen LogP contribution in [0.3, 0.4) is 0 Å². The fraction of sp³-hybridized carbons (Fsp3) is 0.462. The average Bonchev–Trinajstić information content (AvgIpc) is 2.83. The largest absolute Gasteiger partial charge is 0.485 e. The molecule has 6 heteroatoms. The molecule has 0 aromatic carbocycles. The summed E-state index contributed by atoms with van der Waals surface area (Å²) in [6.45, 7) is 4.21. The molecule has 0 aliphatic heterocycles. The Morgan fingerprint density at radius 2 is 2.21 bits per heavy atom. The van der Waals surface area contributed by atoms with Crippen molar-refractivity contribution < 1.29 is 9.37 Å². The third kappa shape index (κ3) is 3.75. The van der Waals surface area contributed by atoms with Gasteiger partial charge in [-0.2, -0.15) is 0 Å². The lowest BCUT2D eigenvalue weighted by molar-refractivity contribution is 0.269. The Morgan fingerprint density at radius 1 is 1.37 bits per heavy atom. The first-order valence-corrected chi connectivity index (χ1v) is 6.30. The molecule has 0 radical (unpaired) electrons. The van der Waals surface area contributed by atoms with Crippen LogP contribution in [0.1, 0.15) is 30.4 Å². The Morgan fingerprint density at radius 3 is 2.79 bits per heavy atom. The van der Waals surface area contributed by atoms with Crippen LogP contribution in [-0.2, 0) is 13.0 Å². The quantitative estimate of drug-likeness (QED) is 0.851. The van der Waals surface area contributed by atoms with Gasteiger partial charge in [0.1, 0.15) is 23.7 Å².